The molecule has 0 aromatic heterocycles. The number of sulfonamides is 1. The second kappa shape index (κ2) is 7.86. The van der Waals surface area contributed by atoms with Gasteiger partial charge in [-0.05, 0) is 69.3 Å². The van der Waals surface area contributed by atoms with Gasteiger partial charge in [0.2, 0.25) is 15.9 Å². The number of hydrogen-bond acceptors (Lipinski definition) is 5. The van der Waals surface area contributed by atoms with Crippen molar-refractivity contribution in [2.75, 3.05) is 4.90 Å². The lowest BCUT2D eigenvalue weighted by Gasteiger charge is -2.39. The SMILES string of the molecule is CC(C)(C)N(C(=O)c1ccc(F)cc1)C1CC(=O)N(c2ccc(S(N)(=O)=O)cc2)C1=O. The summed E-state index contributed by atoms with van der Waals surface area (Å²) in [6.07, 6.45) is -0.236. The number of carbonyl (C=O) groups excluding carboxylic acids is 3. The fourth-order valence-corrected chi connectivity index (χ4v) is 4.03. The van der Waals surface area contributed by atoms with Gasteiger partial charge in [-0.1, -0.05) is 0 Å². The molecule has 164 valence electrons. The van der Waals surface area contributed by atoms with Crippen molar-refractivity contribution in [3.05, 3.63) is 59.9 Å². The van der Waals surface area contributed by atoms with Crippen LogP contribution in [0.15, 0.2) is 53.4 Å². The molecule has 1 aliphatic heterocycles. The Balaban J connectivity index is 1.95. The van der Waals surface area contributed by atoms with Crippen LogP contribution in [0.3, 0.4) is 0 Å². The van der Waals surface area contributed by atoms with Gasteiger partial charge in [0.15, 0.2) is 0 Å². The summed E-state index contributed by atoms with van der Waals surface area (Å²) in [5.41, 5.74) is -0.458. The van der Waals surface area contributed by atoms with E-state index < -0.39 is 45.1 Å². The predicted molar refractivity (Wildman–Crippen MR) is 111 cm³/mol. The van der Waals surface area contributed by atoms with Crippen molar-refractivity contribution in [2.24, 2.45) is 5.14 Å². The summed E-state index contributed by atoms with van der Waals surface area (Å²) >= 11 is 0. The summed E-state index contributed by atoms with van der Waals surface area (Å²) in [5, 5.41) is 5.08. The Morgan fingerprint density at radius 2 is 1.61 bits per heavy atom. The number of amides is 3. The van der Waals surface area contributed by atoms with Crippen molar-refractivity contribution in [1.29, 1.82) is 0 Å². The minimum Gasteiger partial charge on any atom is -0.321 e. The van der Waals surface area contributed by atoms with Crippen molar-refractivity contribution in [3.63, 3.8) is 0 Å². The quantitative estimate of drug-likeness (QED) is 0.720. The van der Waals surface area contributed by atoms with Crippen molar-refractivity contribution in [2.45, 2.75) is 43.7 Å². The lowest BCUT2D eigenvalue weighted by molar-refractivity contribution is -0.123. The summed E-state index contributed by atoms with van der Waals surface area (Å²) in [7, 11) is -3.93. The molecule has 1 heterocycles. The number of primary sulfonamides is 1. The van der Waals surface area contributed by atoms with E-state index in [0.29, 0.717) is 0 Å². The normalized spacial score (nSPS) is 17.2. The van der Waals surface area contributed by atoms with Gasteiger partial charge in [-0.3, -0.25) is 14.4 Å². The second-order valence-electron chi connectivity index (χ2n) is 8.18. The fraction of sp³-hybridized carbons (Fsp3) is 0.286. The molecular formula is C21H22FN3O5S. The van der Waals surface area contributed by atoms with Crippen LogP contribution < -0.4 is 10.0 Å². The number of nitrogens with zero attached hydrogens (tertiary/aromatic N) is 2. The molecule has 8 nitrogen and oxygen atoms in total. The van der Waals surface area contributed by atoms with Crippen LogP contribution in [0.25, 0.3) is 0 Å². The van der Waals surface area contributed by atoms with Crippen LogP contribution in [0.4, 0.5) is 10.1 Å². The minimum absolute atomic E-state index is 0.158. The molecule has 2 N–H and O–H groups in total. The summed E-state index contributed by atoms with van der Waals surface area (Å²) in [6, 6.07) is 8.88. The Kier molecular flexibility index (Phi) is 5.72. The molecule has 0 saturated carbocycles. The largest absolute Gasteiger partial charge is 0.321 e. The molecule has 1 unspecified atom stereocenters. The average molecular weight is 447 g/mol. The lowest BCUT2D eigenvalue weighted by atomic mass is 9.99. The van der Waals surface area contributed by atoms with E-state index in [1.165, 1.54) is 41.3 Å². The predicted octanol–water partition coefficient (Wildman–Crippen LogP) is 2.05. The van der Waals surface area contributed by atoms with Gasteiger partial charge in [-0.2, -0.15) is 0 Å². The van der Waals surface area contributed by atoms with Crippen molar-refractivity contribution < 1.29 is 27.2 Å². The van der Waals surface area contributed by atoms with Gasteiger partial charge in [0, 0.05) is 11.1 Å². The molecular weight excluding hydrogens is 425 g/mol. The first-order valence-electron chi connectivity index (χ1n) is 9.39. The molecule has 0 radical (unpaired) electrons. The molecule has 2 aromatic carbocycles. The van der Waals surface area contributed by atoms with E-state index in [1.54, 1.807) is 20.8 Å². The first kappa shape index (κ1) is 22.6. The van der Waals surface area contributed by atoms with E-state index in [1.807, 2.05) is 0 Å². The number of imide groups is 1. The molecule has 1 saturated heterocycles. The van der Waals surface area contributed by atoms with Crippen LogP contribution in [-0.4, -0.2) is 42.6 Å². The van der Waals surface area contributed by atoms with Crippen LogP contribution in [-0.2, 0) is 19.6 Å². The molecule has 1 fully saturated rings. The van der Waals surface area contributed by atoms with E-state index in [0.717, 1.165) is 17.0 Å². The average Bonchev–Trinajstić information content (AvgIpc) is 2.94. The van der Waals surface area contributed by atoms with Crippen LogP contribution in [0.2, 0.25) is 0 Å². The topological polar surface area (TPSA) is 118 Å². The number of nitrogens with two attached hydrogens (primary N) is 1. The third-order valence-corrected chi connectivity index (χ3v) is 5.82. The molecule has 0 bridgehead atoms. The number of carbonyl (C=O) groups is 3. The van der Waals surface area contributed by atoms with Crippen molar-refractivity contribution in [1.82, 2.24) is 4.90 Å². The summed E-state index contributed by atoms with van der Waals surface area (Å²) in [6.45, 7) is 5.20. The van der Waals surface area contributed by atoms with Crippen LogP contribution in [0, 0.1) is 5.82 Å². The van der Waals surface area contributed by atoms with Gasteiger partial charge >= 0.3 is 0 Å². The highest BCUT2D eigenvalue weighted by Crippen LogP contribution is 2.31. The zero-order chi connectivity index (χ0) is 23.1. The molecule has 1 aliphatic rings. The standard InChI is InChI=1S/C21H22FN3O5S/c1-21(2,3)25(19(27)13-4-6-14(22)7-5-13)17-12-18(26)24(20(17)28)15-8-10-16(11-9-15)31(23,29)30/h4-11,17H,12H2,1-3H3,(H2,23,29,30). The Bertz CT molecular complexity index is 1140. The van der Waals surface area contributed by atoms with Gasteiger partial charge in [-0.15, -0.1) is 0 Å². The summed E-state index contributed by atoms with van der Waals surface area (Å²) in [5.74, 6) is -2.15. The number of halogens is 1. The fourth-order valence-electron chi connectivity index (χ4n) is 3.52. The van der Waals surface area contributed by atoms with Crippen molar-refractivity contribution in [3.8, 4) is 0 Å². The maximum atomic E-state index is 13.3. The van der Waals surface area contributed by atoms with Crippen LogP contribution in [0.1, 0.15) is 37.6 Å². The molecule has 2 aromatic rings. The molecule has 3 rings (SSSR count). The first-order chi connectivity index (χ1) is 14.3. The van der Waals surface area contributed by atoms with E-state index in [-0.39, 0.29) is 22.6 Å². The highest BCUT2D eigenvalue weighted by atomic mass is 32.2. The third kappa shape index (κ3) is 4.49. The minimum atomic E-state index is -3.93. The lowest BCUT2D eigenvalue weighted by Crippen LogP contribution is -2.54. The van der Waals surface area contributed by atoms with E-state index in [9.17, 15) is 27.2 Å². The molecule has 1 atom stereocenters. The Labute approximate surface area is 179 Å². The van der Waals surface area contributed by atoms with Crippen LogP contribution in [0.5, 0.6) is 0 Å². The maximum Gasteiger partial charge on any atom is 0.257 e. The molecule has 0 aliphatic carbocycles. The number of hydrogen-bond donors (Lipinski definition) is 1. The van der Waals surface area contributed by atoms with Crippen molar-refractivity contribution >= 4 is 33.4 Å². The summed E-state index contributed by atoms with van der Waals surface area (Å²) in [4.78, 5) is 41.1. The van der Waals surface area contributed by atoms with Crippen LogP contribution >= 0.6 is 0 Å². The molecule has 3 amide bonds. The first-order valence-corrected chi connectivity index (χ1v) is 10.9. The van der Waals surface area contributed by atoms with E-state index in [4.69, 9.17) is 5.14 Å². The molecule has 10 heteroatoms. The molecule has 31 heavy (non-hydrogen) atoms. The Morgan fingerprint density at radius 1 is 1.06 bits per heavy atom. The number of rotatable bonds is 4. The zero-order valence-electron chi connectivity index (χ0n) is 17.2. The van der Waals surface area contributed by atoms with E-state index >= 15 is 0 Å². The maximum absolute atomic E-state index is 13.3. The Hall–Kier alpha value is -3.11. The van der Waals surface area contributed by atoms with E-state index in [2.05, 4.69) is 0 Å². The zero-order valence-corrected chi connectivity index (χ0v) is 18.0. The number of anilines is 1. The van der Waals surface area contributed by atoms with Gasteiger partial charge in [0.1, 0.15) is 11.9 Å². The highest BCUT2D eigenvalue weighted by Gasteiger charge is 2.47. The third-order valence-electron chi connectivity index (χ3n) is 4.89. The second-order valence-corrected chi connectivity index (χ2v) is 9.74. The molecule has 0 spiro atoms. The monoisotopic (exact) mass is 447 g/mol. The van der Waals surface area contributed by atoms with Gasteiger partial charge in [0.05, 0.1) is 17.0 Å². The number of benzene rings is 2. The summed E-state index contributed by atoms with van der Waals surface area (Å²) < 4.78 is 36.1. The van der Waals surface area contributed by atoms with Gasteiger partial charge in [-0.25, -0.2) is 22.8 Å². The van der Waals surface area contributed by atoms with Gasteiger partial charge in [0.25, 0.3) is 11.8 Å². The van der Waals surface area contributed by atoms with Gasteiger partial charge < -0.3 is 4.90 Å². The highest BCUT2D eigenvalue weighted by molar-refractivity contribution is 7.89. The smallest absolute Gasteiger partial charge is 0.257 e. The Morgan fingerprint density at radius 3 is 2.10 bits per heavy atom.